The van der Waals surface area contributed by atoms with Crippen molar-refractivity contribution < 1.29 is 59.5 Å². The van der Waals surface area contributed by atoms with E-state index < -0.39 is 15.6 Å². The minimum atomic E-state index is -10.7. The molecule has 4 heterocycles. The summed E-state index contributed by atoms with van der Waals surface area (Å²) in [5.74, 6) is 0. The Morgan fingerprint density at radius 2 is 0.614 bits per heavy atom. The standard InChI is InChI=1S/2C12H22N3.2F6P/c2*1-3-7-14(8-4-1)11-13-12-15-9-5-2-6-10-15;2*1-7(2,3,4,5)6/h2*11-12H,1-10H2;;/q2*+1;2*-1. The van der Waals surface area contributed by atoms with Crippen LogP contribution in [0.3, 0.4) is 0 Å². The van der Waals surface area contributed by atoms with Crippen LogP contribution in [0.4, 0.5) is 50.4 Å². The number of nitrogens with zero attached hydrogens (tertiary/aromatic N) is 6. The van der Waals surface area contributed by atoms with Gasteiger partial charge in [-0.3, -0.25) is 9.15 Å². The van der Waals surface area contributed by atoms with Crippen LogP contribution in [-0.2, 0) is 0 Å². The van der Waals surface area contributed by atoms with E-state index in [1.807, 2.05) is 25.4 Å². The summed E-state index contributed by atoms with van der Waals surface area (Å²) < 4.78 is 123. The Bertz CT molecular complexity index is 865. The van der Waals surface area contributed by atoms with Crippen molar-refractivity contribution in [1.82, 2.24) is 9.80 Å². The second-order valence-corrected chi connectivity index (χ2v) is 14.9. The van der Waals surface area contributed by atoms with E-state index in [9.17, 15) is 50.4 Å². The molecule has 4 fully saturated rings. The number of aliphatic imine (C=N–C) groups is 2. The average Bonchev–Trinajstić information content (AvgIpc) is 2.88. The molecule has 4 saturated heterocycles. The molecule has 0 aromatic heterocycles. The molecule has 0 aromatic carbocycles. The van der Waals surface area contributed by atoms with E-state index in [1.54, 1.807) is 0 Å². The monoisotopic (exact) mass is 706 g/mol. The van der Waals surface area contributed by atoms with Crippen molar-refractivity contribution in [2.45, 2.75) is 77.0 Å². The van der Waals surface area contributed by atoms with E-state index >= 15 is 0 Å². The van der Waals surface area contributed by atoms with Crippen molar-refractivity contribution in [2.75, 3.05) is 52.4 Å². The van der Waals surface area contributed by atoms with Crippen molar-refractivity contribution in [2.24, 2.45) is 9.98 Å². The third kappa shape index (κ3) is 34.8. The maximum atomic E-state index is 9.87. The van der Waals surface area contributed by atoms with Gasteiger partial charge >= 0.3 is 66.0 Å². The van der Waals surface area contributed by atoms with Crippen molar-refractivity contribution in [1.29, 1.82) is 0 Å². The minimum absolute atomic E-state index is 1.19. The summed E-state index contributed by atoms with van der Waals surface area (Å²) in [5.41, 5.74) is 0. The first-order valence-electron chi connectivity index (χ1n) is 14.6. The molecule has 0 amide bonds. The summed E-state index contributed by atoms with van der Waals surface area (Å²) in [7, 11) is -21.3. The molecule has 0 unspecified atom stereocenters. The molecular weight excluding hydrogens is 662 g/mol. The number of hydrogen-bond acceptors (Lipinski definition) is 0. The molecule has 0 aliphatic carbocycles. The molecule has 0 spiro atoms. The van der Waals surface area contributed by atoms with Gasteiger partial charge in [0.05, 0.1) is 26.2 Å². The van der Waals surface area contributed by atoms with Crippen molar-refractivity contribution >= 4 is 41.0 Å². The fourth-order valence-electron chi connectivity index (χ4n) is 4.57. The molecule has 44 heavy (non-hydrogen) atoms. The average molecular weight is 707 g/mol. The van der Waals surface area contributed by atoms with Crippen LogP contribution in [0.1, 0.15) is 77.0 Å². The zero-order chi connectivity index (χ0) is 33.5. The molecule has 4 aliphatic rings. The fourth-order valence-corrected chi connectivity index (χ4v) is 4.57. The molecular formula is C24H44F12N6P2. The summed E-state index contributed by atoms with van der Waals surface area (Å²) in [6.45, 7) is 9.53. The normalized spacial score (nSPS) is 23.4. The van der Waals surface area contributed by atoms with E-state index in [4.69, 9.17) is 0 Å². The third-order valence-electron chi connectivity index (χ3n) is 6.48. The van der Waals surface area contributed by atoms with Gasteiger partial charge in [0.1, 0.15) is 0 Å². The van der Waals surface area contributed by atoms with Gasteiger partial charge in [0, 0.05) is 26.2 Å². The second kappa shape index (κ2) is 15.3. The van der Waals surface area contributed by atoms with Crippen molar-refractivity contribution in [3.05, 3.63) is 0 Å². The number of halogens is 12. The van der Waals surface area contributed by atoms with E-state index in [1.165, 1.54) is 129 Å². The Morgan fingerprint density at radius 1 is 0.386 bits per heavy atom. The van der Waals surface area contributed by atoms with Crippen molar-refractivity contribution in [3.63, 3.8) is 0 Å². The fraction of sp³-hybridized carbons (Fsp3) is 0.833. The van der Waals surface area contributed by atoms with Gasteiger partial charge in [0.25, 0.3) is 12.7 Å². The Morgan fingerprint density at radius 3 is 0.864 bits per heavy atom. The first-order chi connectivity index (χ1) is 19.8. The van der Waals surface area contributed by atoms with Gasteiger partial charge in [-0.2, -0.15) is 0 Å². The Labute approximate surface area is 250 Å². The molecule has 4 rings (SSSR count). The van der Waals surface area contributed by atoms with Crippen LogP contribution in [0, 0.1) is 0 Å². The maximum absolute atomic E-state index is 10.7. The summed E-state index contributed by atoms with van der Waals surface area (Å²) in [6, 6.07) is 0. The quantitative estimate of drug-likeness (QED) is 0.0960. The molecule has 0 aromatic rings. The summed E-state index contributed by atoms with van der Waals surface area (Å²) in [5, 5.41) is 0. The van der Waals surface area contributed by atoms with Gasteiger partial charge in [-0.25, -0.2) is 0 Å². The Balaban J connectivity index is 0.000000314. The molecule has 4 aliphatic heterocycles. The number of likely N-dealkylation sites (tertiary alicyclic amines) is 2. The summed E-state index contributed by atoms with van der Waals surface area (Å²) >= 11 is 0. The SMILES string of the molecule is C(=NC=[N+]1CCCCC1)N1CCCCC1.C(=NC=[N+]1CCCCC1)N1CCCCC1.F[P-](F)(F)(F)(F)F.F[P-](F)(F)(F)(F)F. The zero-order valence-electron chi connectivity index (χ0n) is 24.6. The zero-order valence-corrected chi connectivity index (χ0v) is 26.4. The molecule has 0 N–H and O–H groups in total. The van der Waals surface area contributed by atoms with Crippen LogP contribution in [-0.4, -0.2) is 96.7 Å². The molecule has 0 saturated carbocycles. The van der Waals surface area contributed by atoms with E-state index in [2.05, 4.69) is 28.9 Å². The third-order valence-corrected chi connectivity index (χ3v) is 6.48. The van der Waals surface area contributed by atoms with Crippen LogP contribution in [0.5, 0.6) is 0 Å². The summed E-state index contributed by atoms with van der Waals surface area (Å²) in [6.07, 6.45) is 24.3. The van der Waals surface area contributed by atoms with Gasteiger partial charge in [-0.15, -0.1) is 0 Å². The van der Waals surface area contributed by atoms with Crippen LogP contribution in [0.2, 0.25) is 0 Å². The molecule has 20 heteroatoms. The van der Waals surface area contributed by atoms with E-state index in [0.717, 1.165) is 0 Å². The predicted octanol–water partition coefficient (Wildman–Crippen LogP) is 10.2. The molecule has 0 bridgehead atoms. The first kappa shape index (κ1) is 40.3. The van der Waals surface area contributed by atoms with Crippen LogP contribution in [0.25, 0.3) is 0 Å². The Kier molecular flexibility index (Phi) is 14.0. The van der Waals surface area contributed by atoms with Gasteiger partial charge in [0.15, 0.2) is 0 Å². The number of hydrogen-bond donors (Lipinski definition) is 0. The Hall–Kier alpha value is -1.70. The van der Waals surface area contributed by atoms with E-state index in [-0.39, 0.29) is 0 Å². The van der Waals surface area contributed by atoms with Gasteiger partial charge in [-0.1, -0.05) is 0 Å². The van der Waals surface area contributed by atoms with Crippen LogP contribution in [0.15, 0.2) is 9.98 Å². The topological polar surface area (TPSA) is 37.2 Å². The second-order valence-electron chi connectivity index (χ2n) is 11.1. The molecule has 264 valence electrons. The number of rotatable bonds is 4. The number of piperidine rings is 4. The molecule has 6 nitrogen and oxygen atoms in total. The summed E-state index contributed by atoms with van der Waals surface area (Å²) in [4.78, 5) is 13.5. The van der Waals surface area contributed by atoms with Gasteiger partial charge in [-0.05, 0) is 87.0 Å². The first-order valence-corrected chi connectivity index (χ1v) is 18.7. The molecule has 0 atom stereocenters. The van der Waals surface area contributed by atoms with Gasteiger partial charge in [0.2, 0.25) is 12.7 Å². The molecule has 0 radical (unpaired) electrons. The van der Waals surface area contributed by atoms with Crippen molar-refractivity contribution in [3.8, 4) is 0 Å². The predicted molar refractivity (Wildman–Crippen MR) is 155 cm³/mol. The van der Waals surface area contributed by atoms with E-state index in [0.29, 0.717) is 0 Å². The van der Waals surface area contributed by atoms with Crippen LogP contribution >= 0.6 is 15.6 Å². The van der Waals surface area contributed by atoms with Crippen LogP contribution < -0.4 is 0 Å². The van der Waals surface area contributed by atoms with Gasteiger partial charge < -0.3 is 9.80 Å².